The predicted molar refractivity (Wildman–Crippen MR) is 203 cm³/mol. The van der Waals surface area contributed by atoms with E-state index in [9.17, 15) is 10.5 Å². The molecular formula is C44H24N4S. The molecule has 5 heteroatoms. The maximum absolute atomic E-state index is 9.84. The topological polar surface area (TPSA) is 57.4 Å². The number of hydrogen-bond acceptors (Lipinski definition) is 3. The molecule has 3 aromatic heterocycles. The van der Waals surface area contributed by atoms with Gasteiger partial charge in [-0.25, -0.2) is 0 Å². The van der Waals surface area contributed by atoms with Gasteiger partial charge < -0.3 is 9.13 Å². The third-order valence-corrected chi connectivity index (χ3v) is 11.0. The van der Waals surface area contributed by atoms with Crippen LogP contribution >= 0.6 is 11.3 Å². The number of para-hydroxylation sites is 2. The SMILES string of the molecule is N#Cc1ccc2c(c1)c1ccccc1n2-c1cccc(-c2cccc(-n3c4ccccc4c4c5c(ccc43)sc3c(C#N)cccc35)c2)c1. The summed E-state index contributed by atoms with van der Waals surface area (Å²) >= 11 is 1.70. The molecular weight excluding hydrogens is 617 g/mol. The Bertz CT molecular complexity index is 3090. The van der Waals surface area contributed by atoms with Crippen molar-refractivity contribution in [3.8, 4) is 34.6 Å². The monoisotopic (exact) mass is 640 g/mol. The summed E-state index contributed by atoms with van der Waals surface area (Å²) < 4.78 is 6.89. The van der Waals surface area contributed by atoms with Gasteiger partial charge in [0.15, 0.2) is 0 Å². The second-order valence-corrected chi connectivity index (χ2v) is 13.4. The van der Waals surface area contributed by atoms with Crippen LogP contribution in [0.5, 0.6) is 0 Å². The van der Waals surface area contributed by atoms with Crippen molar-refractivity contribution in [2.75, 3.05) is 0 Å². The van der Waals surface area contributed by atoms with Crippen molar-refractivity contribution in [2.24, 2.45) is 0 Å². The van der Waals surface area contributed by atoms with Crippen molar-refractivity contribution in [1.82, 2.24) is 9.13 Å². The quantitative estimate of drug-likeness (QED) is 0.193. The lowest BCUT2D eigenvalue weighted by Crippen LogP contribution is -1.96. The van der Waals surface area contributed by atoms with E-state index in [1.54, 1.807) is 11.3 Å². The van der Waals surface area contributed by atoms with E-state index in [1.165, 1.54) is 20.9 Å². The first-order chi connectivity index (χ1) is 24.2. The van der Waals surface area contributed by atoms with E-state index in [0.29, 0.717) is 5.56 Å². The second-order valence-electron chi connectivity index (χ2n) is 12.4. The van der Waals surface area contributed by atoms with Gasteiger partial charge in [-0.05, 0) is 83.9 Å². The van der Waals surface area contributed by atoms with Crippen LogP contribution in [-0.2, 0) is 0 Å². The third kappa shape index (κ3) is 3.95. The van der Waals surface area contributed by atoms with Gasteiger partial charge >= 0.3 is 0 Å². The van der Waals surface area contributed by atoms with Crippen LogP contribution < -0.4 is 0 Å². The molecule has 0 saturated heterocycles. The van der Waals surface area contributed by atoms with Gasteiger partial charge in [0.05, 0.1) is 44.0 Å². The van der Waals surface area contributed by atoms with Crippen molar-refractivity contribution >= 4 is 75.1 Å². The summed E-state index contributed by atoms with van der Waals surface area (Å²) in [5.41, 5.74) is 10.3. The molecule has 0 saturated carbocycles. The fourth-order valence-corrected chi connectivity index (χ4v) is 8.86. The molecule has 226 valence electrons. The number of thiophene rings is 1. The van der Waals surface area contributed by atoms with E-state index in [4.69, 9.17) is 0 Å². The molecule has 0 N–H and O–H groups in total. The Hall–Kier alpha value is -6.66. The highest BCUT2D eigenvalue weighted by Gasteiger charge is 2.19. The molecule has 0 bridgehead atoms. The summed E-state index contributed by atoms with van der Waals surface area (Å²) in [4.78, 5) is 0. The first kappa shape index (κ1) is 27.5. The number of aromatic nitrogens is 2. The highest BCUT2D eigenvalue weighted by molar-refractivity contribution is 7.26. The summed E-state index contributed by atoms with van der Waals surface area (Å²) in [6, 6.07) is 55.6. The molecule has 3 heterocycles. The van der Waals surface area contributed by atoms with E-state index in [2.05, 4.69) is 143 Å². The molecule has 10 aromatic rings. The average Bonchev–Trinajstić information content (AvgIpc) is 3.82. The van der Waals surface area contributed by atoms with Gasteiger partial charge in [-0.2, -0.15) is 10.5 Å². The van der Waals surface area contributed by atoms with E-state index in [-0.39, 0.29) is 0 Å². The van der Waals surface area contributed by atoms with Crippen LogP contribution in [0.1, 0.15) is 11.1 Å². The lowest BCUT2D eigenvalue weighted by molar-refractivity contribution is 1.17. The number of nitriles is 2. The van der Waals surface area contributed by atoms with Gasteiger partial charge in [0.1, 0.15) is 6.07 Å². The normalized spacial score (nSPS) is 11.6. The van der Waals surface area contributed by atoms with Crippen LogP contribution in [0.25, 0.3) is 86.3 Å². The smallest absolute Gasteiger partial charge is 0.101 e. The maximum Gasteiger partial charge on any atom is 0.101 e. The molecule has 0 fully saturated rings. The van der Waals surface area contributed by atoms with Crippen LogP contribution in [0.3, 0.4) is 0 Å². The Morgan fingerprint density at radius 1 is 0.449 bits per heavy atom. The molecule has 0 atom stereocenters. The van der Waals surface area contributed by atoms with Gasteiger partial charge in [0.2, 0.25) is 0 Å². The molecule has 0 aliphatic carbocycles. The Kier molecular flexibility index (Phi) is 5.84. The van der Waals surface area contributed by atoms with Crippen LogP contribution in [0.4, 0.5) is 0 Å². The Morgan fingerprint density at radius 2 is 1.06 bits per heavy atom. The van der Waals surface area contributed by atoms with E-state index in [0.717, 1.165) is 71.0 Å². The fourth-order valence-electron chi connectivity index (χ4n) is 7.68. The minimum absolute atomic E-state index is 0.658. The van der Waals surface area contributed by atoms with Crippen molar-refractivity contribution in [2.45, 2.75) is 0 Å². The molecule has 0 aliphatic rings. The van der Waals surface area contributed by atoms with Crippen LogP contribution in [0.2, 0.25) is 0 Å². The molecule has 49 heavy (non-hydrogen) atoms. The molecule has 10 rings (SSSR count). The van der Waals surface area contributed by atoms with Gasteiger partial charge in [-0.1, -0.05) is 72.8 Å². The summed E-state index contributed by atoms with van der Waals surface area (Å²) in [7, 11) is 0. The minimum Gasteiger partial charge on any atom is -0.309 e. The Balaban J connectivity index is 1.17. The number of fused-ring (bicyclic) bond motifs is 10. The summed E-state index contributed by atoms with van der Waals surface area (Å²) in [6.45, 7) is 0. The first-order valence-corrected chi connectivity index (χ1v) is 17.0. The molecule has 4 nitrogen and oxygen atoms in total. The number of benzene rings is 7. The van der Waals surface area contributed by atoms with Gasteiger partial charge in [-0.3, -0.25) is 0 Å². The summed E-state index contributed by atoms with van der Waals surface area (Å²) in [6.07, 6.45) is 0. The summed E-state index contributed by atoms with van der Waals surface area (Å²) in [5, 5.41) is 26.4. The molecule has 0 unspecified atom stereocenters. The fraction of sp³-hybridized carbons (Fsp3) is 0. The Morgan fingerprint density at radius 3 is 1.80 bits per heavy atom. The van der Waals surface area contributed by atoms with Crippen molar-refractivity contribution < 1.29 is 0 Å². The van der Waals surface area contributed by atoms with Gasteiger partial charge in [0, 0.05) is 48.4 Å². The average molecular weight is 641 g/mol. The Labute approximate surface area is 285 Å². The zero-order valence-electron chi connectivity index (χ0n) is 26.1. The second kappa shape index (κ2) is 10.4. The molecule has 0 amide bonds. The standard InChI is InChI=1S/C44H24N4S/c45-25-27-18-19-39-36(22-27)33-13-1-3-16-37(33)47(39)31-11-5-8-28(23-31)29-9-6-12-32(24-29)48-38-17-4-2-14-34(38)42-40(48)20-21-41-43(42)35-15-7-10-30(26-46)44(35)49-41/h1-24H. The van der Waals surface area contributed by atoms with Gasteiger partial charge in [0.25, 0.3) is 0 Å². The molecule has 0 radical (unpaired) electrons. The highest BCUT2D eigenvalue weighted by atomic mass is 32.1. The molecule has 0 spiro atoms. The third-order valence-electron chi connectivity index (χ3n) is 9.76. The zero-order valence-corrected chi connectivity index (χ0v) is 26.9. The van der Waals surface area contributed by atoms with Crippen molar-refractivity contribution in [3.05, 3.63) is 157 Å². The van der Waals surface area contributed by atoms with Crippen molar-refractivity contribution in [3.63, 3.8) is 0 Å². The highest BCUT2D eigenvalue weighted by Crippen LogP contribution is 2.44. The van der Waals surface area contributed by atoms with Crippen LogP contribution in [0.15, 0.2) is 146 Å². The largest absolute Gasteiger partial charge is 0.309 e. The molecule has 0 aliphatic heterocycles. The number of hydrogen-bond donors (Lipinski definition) is 0. The number of nitrogens with zero attached hydrogens (tertiary/aromatic N) is 4. The summed E-state index contributed by atoms with van der Waals surface area (Å²) in [5.74, 6) is 0. The lowest BCUT2D eigenvalue weighted by atomic mass is 10.0. The van der Waals surface area contributed by atoms with Crippen LogP contribution in [0, 0.1) is 22.7 Å². The predicted octanol–water partition coefficient (Wildman–Crippen LogP) is 11.7. The first-order valence-electron chi connectivity index (χ1n) is 16.1. The van der Waals surface area contributed by atoms with E-state index >= 15 is 0 Å². The number of rotatable bonds is 3. The lowest BCUT2D eigenvalue weighted by Gasteiger charge is -2.13. The minimum atomic E-state index is 0.658. The van der Waals surface area contributed by atoms with Crippen LogP contribution in [-0.4, -0.2) is 9.13 Å². The maximum atomic E-state index is 9.84. The molecule has 7 aromatic carbocycles. The van der Waals surface area contributed by atoms with Gasteiger partial charge in [-0.15, -0.1) is 11.3 Å². The van der Waals surface area contributed by atoms with E-state index < -0.39 is 0 Å². The van der Waals surface area contributed by atoms with E-state index in [1.807, 2.05) is 24.3 Å². The zero-order chi connectivity index (χ0) is 32.6. The van der Waals surface area contributed by atoms with Crippen molar-refractivity contribution in [1.29, 1.82) is 10.5 Å².